The van der Waals surface area contributed by atoms with E-state index in [4.69, 9.17) is 4.74 Å². The summed E-state index contributed by atoms with van der Waals surface area (Å²) in [7, 11) is 0. The summed E-state index contributed by atoms with van der Waals surface area (Å²) < 4.78 is 4.79. The van der Waals surface area contributed by atoms with Gasteiger partial charge in [-0.1, -0.05) is 55.6 Å². The minimum atomic E-state index is -0.477. The highest BCUT2D eigenvalue weighted by Gasteiger charge is 2.02. The van der Waals surface area contributed by atoms with Crippen LogP contribution in [-0.4, -0.2) is 5.97 Å². The maximum Gasteiger partial charge on any atom is 0.342 e. The highest BCUT2D eigenvalue weighted by molar-refractivity contribution is 5.92. The van der Waals surface area contributed by atoms with Gasteiger partial charge in [0.15, 0.2) is 0 Å². The van der Waals surface area contributed by atoms with Crippen molar-refractivity contribution in [3.8, 4) is 0 Å². The second kappa shape index (κ2) is 7.01. The van der Waals surface area contributed by atoms with Crippen molar-refractivity contribution in [3.05, 3.63) is 79.1 Å². The summed E-state index contributed by atoms with van der Waals surface area (Å²) in [5.74, 6) is -0.477. The molecule has 0 aliphatic rings. The molecular weight excluding hydrogens is 212 g/mol. The number of allylic oxidation sites excluding steroid dienone is 2. The molecule has 1 aromatic carbocycles. The van der Waals surface area contributed by atoms with E-state index in [9.17, 15) is 4.79 Å². The molecule has 17 heavy (non-hydrogen) atoms. The van der Waals surface area contributed by atoms with E-state index >= 15 is 0 Å². The van der Waals surface area contributed by atoms with Gasteiger partial charge in [0.25, 0.3) is 0 Å². The van der Waals surface area contributed by atoms with Crippen LogP contribution in [0.4, 0.5) is 0 Å². The fourth-order valence-corrected chi connectivity index (χ4v) is 1.06. The van der Waals surface area contributed by atoms with Crippen molar-refractivity contribution in [1.82, 2.24) is 0 Å². The first-order valence-corrected chi connectivity index (χ1v) is 5.14. The molecule has 0 saturated heterocycles. The molecule has 0 aromatic heterocycles. The molecule has 1 rings (SSSR count). The second-order valence-corrected chi connectivity index (χ2v) is 3.24. The molecule has 0 aliphatic carbocycles. The lowest BCUT2D eigenvalue weighted by Gasteiger charge is -1.97. The summed E-state index contributed by atoms with van der Waals surface area (Å²) in [6.45, 7) is 7.09. The quantitative estimate of drug-likeness (QED) is 0.332. The van der Waals surface area contributed by atoms with Crippen LogP contribution in [0.1, 0.15) is 5.56 Å². The fraction of sp³-hybridized carbons (Fsp3) is 0. The van der Waals surface area contributed by atoms with Crippen LogP contribution in [-0.2, 0) is 9.53 Å². The van der Waals surface area contributed by atoms with Crippen molar-refractivity contribution in [2.75, 3.05) is 0 Å². The summed E-state index contributed by atoms with van der Waals surface area (Å²) in [4.78, 5) is 11.4. The molecule has 2 heteroatoms. The predicted octanol–water partition coefficient (Wildman–Crippen LogP) is 3.50. The highest BCUT2D eigenvalue weighted by atomic mass is 16.5. The number of carbonyl (C=O) groups is 1. The van der Waals surface area contributed by atoms with Crippen LogP contribution in [0, 0.1) is 0 Å². The van der Waals surface area contributed by atoms with E-state index in [0.29, 0.717) is 5.57 Å². The monoisotopic (exact) mass is 226 g/mol. The van der Waals surface area contributed by atoms with Crippen LogP contribution in [0.15, 0.2) is 73.6 Å². The number of rotatable bonds is 5. The van der Waals surface area contributed by atoms with Gasteiger partial charge in [-0.15, -0.1) is 0 Å². The van der Waals surface area contributed by atoms with Crippen molar-refractivity contribution >= 4 is 12.0 Å². The maximum atomic E-state index is 11.4. The molecule has 0 atom stereocenters. The Balaban J connectivity index is 2.54. The molecule has 0 aliphatic heterocycles. The van der Waals surface area contributed by atoms with Crippen molar-refractivity contribution < 1.29 is 9.53 Å². The summed E-state index contributed by atoms with van der Waals surface area (Å²) >= 11 is 0. The molecule has 2 nitrogen and oxygen atoms in total. The Hall–Kier alpha value is -2.35. The lowest BCUT2D eigenvalue weighted by molar-refractivity contribution is -0.133. The third kappa shape index (κ3) is 4.80. The number of hydrogen-bond donors (Lipinski definition) is 0. The number of esters is 1. The molecule has 0 radical (unpaired) electrons. The first-order chi connectivity index (χ1) is 8.24. The van der Waals surface area contributed by atoms with Crippen LogP contribution >= 0.6 is 0 Å². The topological polar surface area (TPSA) is 26.3 Å². The summed E-state index contributed by atoms with van der Waals surface area (Å²) in [6.07, 6.45) is 7.76. The summed E-state index contributed by atoms with van der Waals surface area (Å²) in [5.41, 5.74) is 1.30. The summed E-state index contributed by atoms with van der Waals surface area (Å²) in [6, 6.07) is 9.65. The van der Waals surface area contributed by atoms with Crippen LogP contribution in [0.3, 0.4) is 0 Å². The van der Waals surface area contributed by atoms with E-state index < -0.39 is 5.97 Å². The zero-order valence-corrected chi connectivity index (χ0v) is 9.50. The molecule has 0 heterocycles. The molecule has 0 spiro atoms. The third-order valence-electron chi connectivity index (χ3n) is 1.93. The molecule has 0 bridgehead atoms. The molecule has 86 valence electrons. The Bertz CT molecular complexity index is 453. The van der Waals surface area contributed by atoms with E-state index in [0.717, 1.165) is 5.56 Å². The van der Waals surface area contributed by atoms with Crippen LogP contribution in [0.2, 0.25) is 0 Å². The standard InChI is InChI=1S/C15H14O2/c1-3-4-12-17-15(16)13(2)10-11-14-8-6-5-7-9-14/h3-12H,1-2H2. The van der Waals surface area contributed by atoms with Gasteiger partial charge < -0.3 is 4.74 Å². The van der Waals surface area contributed by atoms with Gasteiger partial charge in [0, 0.05) is 0 Å². The predicted molar refractivity (Wildman–Crippen MR) is 70.0 cm³/mol. The Labute approximate surface area is 101 Å². The number of ether oxygens (including phenoxy) is 1. The van der Waals surface area contributed by atoms with Gasteiger partial charge in [-0.3, -0.25) is 0 Å². The molecule has 0 fully saturated rings. The van der Waals surface area contributed by atoms with E-state index in [1.807, 2.05) is 30.3 Å². The largest absolute Gasteiger partial charge is 0.431 e. The molecule has 0 amide bonds. The number of carbonyl (C=O) groups excluding carboxylic acids is 1. The van der Waals surface area contributed by atoms with E-state index in [1.165, 1.54) is 18.4 Å². The minimum Gasteiger partial charge on any atom is -0.431 e. The fourth-order valence-electron chi connectivity index (χ4n) is 1.06. The van der Waals surface area contributed by atoms with E-state index in [2.05, 4.69) is 13.2 Å². The Kier molecular flexibility index (Phi) is 5.25. The SMILES string of the molecule is C=CC=COC(=O)C(=C)C=Cc1ccccc1. The van der Waals surface area contributed by atoms with Gasteiger partial charge in [0.2, 0.25) is 0 Å². The smallest absolute Gasteiger partial charge is 0.342 e. The van der Waals surface area contributed by atoms with E-state index in [1.54, 1.807) is 12.2 Å². The van der Waals surface area contributed by atoms with Crippen LogP contribution < -0.4 is 0 Å². The van der Waals surface area contributed by atoms with Gasteiger partial charge >= 0.3 is 5.97 Å². The van der Waals surface area contributed by atoms with Gasteiger partial charge in [0.05, 0.1) is 11.8 Å². The first-order valence-electron chi connectivity index (χ1n) is 5.14. The Morgan fingerprint density at radius 2 is 1.94 bits per heavy atom. The Morgan fingerprint density at radius 3 is 2.59 bits per heavy atom. The van der Waals surface area contributed by atoms with Crippen molar-refractivity contribution in [1.29, 1.82) is 0 Å². The van der Waals surface area contributed by atoms with Crippen LogP contribution in [0.5, 0.6) is 0 Å². The molecule has 0 N–H and O–H groups in total. The average Bonchev–Trinajstić information content (AvgIpc) is 2.37. The van der Waals surface area contributed by atoms with Gasteiger partial charge in [-0.05, 0) is 17.7 Å². The van der Waals surface area contributed by atoms with Crippen LogP contribution in [0.25, 0.3) is 6.08 Å². The summed E-state index contributed by atoms with van der Waals surface area (Å²) in [5, 5.41) is 0. The lowest BCUT2D eigenvalue weighted by atomic mass is 10.2. The third-order valence-corrected chi connectivity index (χ3v) is 1.93. The molecule has 0 unspecified atom stereocenters. The zero-order chi connectivity index (χ0) is 12.5. The molecule has 1 aromatic rings. The average molecular weight is 226 g/mol. The van der Waals surface area contributed by atoms with Gasteiger partial charge in [-0.2, -0.15) is 0 Å². The molecule has 0 saturated carbocycles. The van der Waals surface area contributed by atoms with Crippen molar-refractivity contribution in [2.45, 2.75) is 0 Å². The zero-order valence-electron chi connectivity index (χ0n) is 9.50. The number of benzene rings is 1. The van der Waals surface area contributed by atoms with Crippen molar-refractivity contribution in [2.24, 2.45) is 0 Å². The maximum absolute atomic E-state index is 11.4. The van der Waals surface area contributed by atoms with Crippen molar-refractivity contribution in [3.63, 3.8) is 0 Å². The lowest BCUT2D eigenvalue weighted by Crippen LogP contribution is -2.00. The minimum absolute atomic E-state index is 0.294. The molecular formula is C15H14O2. The Morgan fingerprint density at radius 1 is 1.24 bits per heavy atom. The van der Waals surface area contributed by atoms with E-state index in [-0.39, 0.29) is 0 Å². The normalized spacial score (nSPS) is 10.6. The second-order valence-electron chi connectivity index (χ2n) is 3.24. The van der Waals surface area contributed by atoms with Gasteiger partial charge in [-0.25, -0.2) is 4.79 Å². The highest BCUT2D eigenvalue weighted by Crippen LogP contribution is 2.05. The van der Waals surface area contributed by atoms with Gasteiger partial charge in [0.1, 0.15) is 0 Å². The first kappa shape index (κ1) is 12.7. The number of hydrogen-bond acceptors (Lipinski definition) is 2.